The van der Waals surface area contributed by atoms with Crippen LogP contribution in [-0.4, -0.2) is 23.3 Å². The predicted molar refractivity (Wildman–Crippen MR) is 103 cm³/mol. The number of carbonyl (C=O) groups is 2. The highest BCUT2D eigenvalue weighted by Crippen LogP contribution is 2.47. The maximum absolute atomic E-state index is 13.9. The monoisotopic (exact) mass is 402 g/mol. The summed E-state index contributed by atoms with van der Waals surface area (Å²) in [6, 6.07) is 3.46. The first-order valence-corrected chi connectivity index (χ1v) is 9.40. The van der Waals surface area contributed by atoms with Gasteiger partial charge in [0.2, 0.25) is 5.82 Å². The number of halogens is 1. The quantitative estimate of drug-likeness (QED) is 0.466. The van der Waals surface area contributed by atoms with Crippen LogP contribution in [-0.2, 0) is 14.3 Å². The van der Waals surface area contributed by atoms with Crippen molar-refractivity contribution in [1.29, 1.82) is 0 Å². The summed E-state index contributed by atoms with van der Waals surface area (Å²) in [6.07, 6.45) is 0.865. The maximum atomic E-state index is 13.9. The molecule has 1 N–H and O–H groups in total. The number of nitrogens with one attached hydrogen (secondary N) is 1. The Labute approximate surface area is 167 Å². The number of ketones is 1. The first-order valence-electron chi connectivity index (χ1n) is 9.40. The van der Waals surface area contributed by atoms with E-state index in [9.17, 15) is 24.1 Å². The van der Waals surface area contributed by atoms with Crippen LogP contribution in [0.3, 0.4) is 0 Å². The van der Waals surface area contributed by atoms with Crippen molar-refractivity contribution >= 4 is 17.4 Å². The summed E-state index contributed by atoms with van der Waals surface area (Å²) in [7, 11) is 0. The van der Waals surface area contributed by atoms with Crippen LogP contribution < -0.4 is 5.32 Å². The number of dihydropyridines is 1. The summed E-state index contributed by atoms with van der Waals surface area (Å²) < 4.78 is 19.1. The lowest BCUT2D eigenvalue weighted by atomic mass is 9.68. The number of esters is 1. The van der Waals surface area contributed by atoms with E-state index < -0.39 is 28.3 Å². The highest BCUT2D eigenvalue weighted by molar-refractivity contribution is 6.04. The van der Waals surface area contributed by atoms with Gasteiger partial charge in [0.25, 0.3) is 0 Å². The van der Waals surface area contributed by atoms with Gasteiger partial charge >= 0.3 is 11.7 Å². The number of hydrogen-bond acceptors (Lipinski definition) is 6. The smallest absolute Gasteiger partial charge is 0.336 e. The van der Waals surface area contributed by atoms with E-state index >= 15 is 0 Å². The van der Waals surface area contributed by atoms with Gasteiger partial charge in [-0.15, -0.1) is 0 Å². The van der Waals surface area contributed by atoms with Crippen LogP contribution in [0.15, 0.2) is 40.7 Å². The Balaban J connectivity index is 2.23. The molecule has 1 aliphatic heterocycles. The van der Waals surface area contributed by atoms with Gasteiger partial charge in [-0.3, -0.25) is 14.9 Å². The molecule has 0 spiro atoms. The van der Waals surface area contributed by atoms with Crippen LogP contribution in [0.4, 0.5) is 10.1 Å². The molecular weight excluding hydrogens is 379 g/mol. The van der Waals surface area contributed by atoms with Crippen molar-refractivity contribution in [2.45, 2.75) is 46.5 Å². The number of nitro groups is 1. The molecule has 0 saturated heterocycles. The molecule has 1 heterocycles. The van der Waals surface area contributed by atoms with E-state index in [0.29, 0.717) is 29.0 Å². The van der Waals surface area contributed by atoms with Gasteiger partial charge in [0, 0.05) is 35.4 Å². The zero-order valence-corrected chi connectivity index (χ0v) is 16.8. The number of rotatable bonds is 4. The third-order valence-corrected chi connectivity index (χ3v) is 5.24. The molecule has 1 atom stereocenters. The Bertz CT molecular complexity index is 977. The molecule has 154 valence electrons. The largest absolute Gasteiger partial charge is 0.463 e. The fraction of sp³-hybridized carbons (Fsp3) is 0.429. The van der Waals surface area contributed by atoms with E-state index in [1.54, 1.807) is 13.8 Å². The van der Waals surface area contributed by atoms with Crippen LogP contribution in [0.5, 0.6) is 0 Å². The average molecular weight is 402 g/mol. The zero-order chi connectivity index (χ0) is 21.5. The molecule has 0 fully saturated rings. The molecule has 29 heavy (non-hydrogen) atoms. The van der Waals surface area contributed by atoms with Gasteiger partial charge in [-0.25, -0.2) is 4.79 Å². The standard InChI is InChI=1S/C21H23FN2O5/c1-5-29-20(26)17-11(2)23-14-9-21(3,4)10-16(25)19(14)18(17)12-6-7-13(22)15(8-12)24(27)28/h6-8,18,23H,5,9-10H2,1-4H3. The second-order valence-electron chi connectivity index (χ2n) is 8.12. The van der Waals surface area contributed by atoms with Crippen molar-refractivity contribution in [1.82, 2.24) is 5.32 Å². The van der Waals surface area contributed by atoms with Crippen molar-refractivity contribution < 1.29 is 23.6 Å². The minimum atomic E-state index is -0.976. The van der Waals surface area contributed by atoms with Gasteiger partial charge in [0.1, 0.15) is 0 Å². The highest BCUT2D eigenvalue weighted by Gasteiger charge is 2.43. The fourth-order valence-electron chi connectivity index (χ4n) is 4.10. The molecule has 0 amide bonds. The van der Waals surface area contributed by atoms with E-state index in [2.05, 4.69) is 5.32 Å². The summed E-state index contributed by atoms with van der Waals surface area (Å²) in [5, 5.41) is 14.4. The van der Waals surface area contributed by atoms with E-state index in [4.69, 9.17) is 4.74 Å². The molecule has 0 saturated carbocycles. The number of ether oxygens (including phenoxy) is 1. The zero-order valence-electron chi connectivity index (χ0n) is 16.8. The molecule has 1 unspecified atom stereocenters. The third-order valence-electron chi connectivity index (χ3n) is 5.24. The minimum Gasteiger partial charge on any atom is -0.463 e. The van der Waals surface area contributed by atoms with Crippen molar-refractivity contribution in [3.8, 4) is 0 Å². The van der Waals surface area contributed by atoms with Gasteiger partial charge in [0.05, 0.1) is 17.1 Å². The SMILES string of the molecule is CCOC(=O)C1=C(C)NC2=C(C(=O)CC(C)(C)C2)C1c1ccc(F)c([N+](=O)[O-])c1. The summed E-state index contributed by atoms with van der Waals surface area (Å²) >= 11 is 0. The lowest BCUT2D eigenvalue weighted by Gasteiger charge is -2.39. The molecule has 2 aliphatic rings. The van der Waals surface area contributed by atoms with Crippen LogP contribution in [0.2, 0.25) is 0 Å². The molecule has 8 heteroatoms. The Kier molecular flexibility index (Phi) is 5.30. The third kappa shape index (κ3) is 3.79. The summed E-state index contributed by atoms with van der Waals surface area (Å²) in [6.45, 7) is 7.47. The highest BCUT2D eigenvalue weighted by atomic mass is 19.1. The van der Waals surface area contributed by atoms with Crippen molar-refractivity contribution in [2.75, 3.05) is 6.61 Å². The molecular formula is C21H23FN2O5. The maximum Gasteiger partial charge on any atom is 0.336 e. The second kappa shape index (κ2) is 7.42. The van der Waals surface area contributed by atoms with Gasteiger partial charge in [-0.05, 0) is 37.3 Å². The molecule has 1 aromatic carbocycles. The van der Waals surface area contributed by atoms with Crippen molar-refractivity contribution in [3.63, 3.8) is 0 Å². The topological polar surface area (TPSA) is 98.5 Å². The summed E-state index contributed by atoms with van der Waals surface area (Å²) in [5.74, 6) is -2.58. The lowest BCUT2D eigenvalue weighted by Crippen LogP contribution is -2.38. The first-order chi connectivity index (χ1) is 13.6. The van der Waals surface area contributed by atoms with E-state index in [1.807, 2.05) is 13.8 Å². The van der Waals surface area contributed by atoms with Crippen LogP contribution in [0.25, 0.3) is 0 Å². The van der Waals surface area contributed by atoms with Crippen LogP contribution in [0, 0.1) is 21.3 Å². The lowest BCUT2D eigenvalue weighted by molar-refractivity contribution is -0.387. The predicted octanol–water partition coefficient (Wildman–Crippen LogP) is 3.90. The molecule has 1 aromatic rings. The average Bonchev–Trinajstić information content (AvgIpc) is 2.59. The summed E-state index contributed by atoms with van der Waals surface area (Å²) in [4.78, 5) is 36.2. The van der Waals surface area contributed by atoms with E-state index in [0.717, 1.165) is 12.1 Å². The van der Waals surface area contributed by atoms with Crippen LogP contribution in [0.1, 0.15) is 52.0 Å². The Morgan fingerprint density at radius 3 is 2.69 bits per heavy atom. The number of Topliss-reactive ketones (excluding diaryl/α,β-unsaturated/α-hetero) is 1. The second-order valence-corrected chi connectivity index (χ2v) is 8.12. The molecule has 0 aromatic heterocycles. The van der Waals surface area contributed by atoms with Gasteiger partial charge in [0.15, 0.2) is 5.78 Å². The number of carbonyl (C=O) groups excluding carboxylic acids is 2. The number of nitrogens with zero attached hydrogens (tertiary/aromatic N) is 1. The van der Waals surface area contributed by atoms with Gasteiger partial charge < -0.3 is 10.1 Å². The number of hydrogen-bond donors (Lipinski definition) is 1. The molecule has 3 rings (SSSR count). The molecule has 7 nitrogen and oxygen atoms in total. The molecule has 0 radical (unpaired) electrons. The number of allylic oxidation sites excluding steroid dienone is 3. The van der Waals surface area contributed by atoms with Crippen molar-refractivity contribution in [2.24, 2.45) is 5.41 Å². The van der Waals surface area contributed by atoms with Gasteiger partial charge in [-0.2, -0.15) is 4.39 Å². The Morgan fingerprint density at radius 1 is 1.38 bits per heavy atom. The van der Waals surface area contributed by atoms with Crippen LogP contribution >= 0.6 is 0 Å². The number of nitro benzene ring substituents is 1. The minimum absolute atomic E-state index is 0.138. The molecule has 1 aliphatic carbocycles. The Hall–Kier alpha value is -3.03. The summed E-state index contributed by atoms with van der Waals surface area (Å²) in [5.41, 5.74) is 1.15. The van der Waals surface area contributed by atoms with E-state index in [1.165, 1.54) is 6.07 Å². The fourth-order valence-corrected chi connectivity index (χ4v) is 4.10. The van der Waals surface area contributed by atoms with Gasteiger partial charge in [-0.1, -0.05) is 19.9 Å². The van der Waals surface area contributed by atoms with Crippen molar-refractivity contribution in [3.05, 3.63) is 62.2 Å². The number of benzene rings is 1. The normalized spacial score (nSPS) is 20.9. The Morgan fingerprint density at radius 2 is 2.07 bits per heavy atom. The molecule has 0 bridgehead atoms. The first kappa shape index (κ1) is 20.7. The van der Waals surface area contributed by atoms with E-state index in [-0.39, 0.29) is 29.8 Å².